The third-order valence-electron chi connectivity index (χ3n) is 8.56. The Morgan fingerprint density at radius 2 is 2.00 bits per heavy atom. The van der Waals surface area contributed by atoms with Crippen LogP contribution < -0.4 is 14.4 Å². The van der Waals surface area contributed by atoms with Gasteiger partial charge < -0.3 is 9.64 Å². The summed E-state index contributed by atoms with van der Waals surface area (Å²) >= 11 is 0. The van der Waals surface area contributed by atoms with Crippen molar-refractivity contribution in [2.24, 2.45) is 16.4 Å². The standard InChI is InChI=1S/C29H34F4N10O3S/c1-27(2)17-19(5-4-14-36-41-34)18-42(27)25-20(26(44)40-47(35,45)24-7-3-6-21(30)37-24)8-9-22(38-25)43-15-10-23(39-43)46-16-13-28(11-12-28)29(31,32)33/h3,6-10,15,19H,4-5,11-14,16-18H2,1-2H3,(H2,35,40,44,45)/t19-,47?/m0/s1. The molecule has 1 aliphatic heterocycles. The van der Waals surface area contributed by atoms with Crippen molar-refractivity contribution in [3.8, 4) is 11.7 Å². The highest BCUT2D eigenvalue weighted by Crippen LogP contribution is 2.59. The van der Waals surface area contributed by atoms with Crippen LogP contribution in [0.25, 0.3) is 16.3 Å². The van der Waals surface area contributed by atoms with Gasteiger partial charge in [-0.3, -0.25) is 9.52 Å². The van der Waals surface area contributed by atoms with E-state index < -0.39 is 43.9 Å². The van der Waals surface area contributed by atoms with E-state index in [4.69, 9.17) is 20.0 Å². The number of pyridine rings is 2. The van der Waals surface area contributed by atoms with E-state index >= 15 is 0 Å². The number of nitrogens with one attached hydrogen (secondary N) is 2. The van der Waals surface area contributed by atoms with Gasteiger partial charge in [0.05, 0.1) is 17.6 Å². The number of alkyl halides is 3. The van der Waals surface area contributed by atoms with Gasteiger partial charge in [0.1, 0.15) is 5.82 Å². The number of hydrogen-bond acceptors (Lipinski definition) is 9. The fourth-order valence-electron chi connectivity index (χ4n) is 5.87. The van der Waals surface area contributed by atoms with Crippen molar-refractivity contribution in [3.05, 3.63) is 64.5 Å². The van der Waals surface area contributed by atoms with Crippen molar-refractivity contribution in [1.29, 1.82) is 4.78 Å². The molecule has 1 saturated carbocycles. The van der Waals surface area contributed by atoms with Crippen molar-refractivity contribution in [2.75, 3.05) is 24.6 Å². The number of amides is 1. The van der Waals surface area contributed by atoms with Gasteiger partial charge in [0.2, 0.25) is 11.8 Å². The van der Waals surface area contributed by atoms with Gasteiger partial charge in [-0.25, -0.2) is 23.6 Å². The van der Waals surface area contributed by atoms with Crippen LogP contribution in [-0.2, 0) is 9.92 Å². The first-order valence-electron chi connectivity index (χ1n) is 14.9. The number of halogens is 4. The maximum atomic E-state index is 13.7. The molecule has 47 heavy (non-hydrogen) atoms. The minimum absolute atomic E-state index is 0.00144. The van der Waals surface area contributed by atoms with Gasteiger partial charge in [-0.15, -0.1) is 5.10 Å². The molecule has 3 aromatic heterocycles. The Labute approximate surface area is 268 Å². The molecule has 0 radical (unpaired) electrons. The Morgan fingerprint density at radius 1 is 1.23 bits per heavy atom. The monoisotopic (exact) mass is 678 g/mol. The summed E-state index contributed by atoms with van der Waals surface area (Å²) in [5.74, 6) is -1.11. The van der Waals surface area contributed by atoms with Crippen LogP contribution in [-0.4, -0.2) is 61.3 Å². The molecule has 13 nitrogen and oxygen atoms in total. The SMILES string of the molecule is CC1(C)C[C@H](CCCN=[N+]=[N-])CN1c1nc(-n2ccc(OCCC3(C(F)(F)F)CC3)n2)ccc1C(=O)NS(=N)(=O)c1cccc(F)n1. The van der Waals surface area contributed by atoms with Crippen LogP contribution in [0.5, 0.6) is 5.88 Å². The van der Waals surface area contributed by atoms with Gasteiger partial charge in [-0.2, -0.15) is 17.6 Å². The molecular weight excluding hydrogens is 644 g/mol. The third-order valence-corrected chi connectivity index (χ3v) is 9.85. The topological polar surface area (TPSA) is 175 Å². The summed E-state index contributed by atoms with van der Waals surface area (Å²) in [6.45, 7) is 4.63. The molecule has 2 N–H and O–H groups in total. The van der Waals surface area contributed by atoms with E-state index in [1.807, 2.05) is 18.7 Å². The maximum absolute atomic E-state index is 13.7. The molecule has 0 spiro atoms. The average molecular weight is 679 g/mol. The Kier molecular flexibility index (Phi) is 9.37. The van der Waals surface area contributed by atoms with E-state index in [1.165, 1.54) is 41.2 Å². The van der Waals surface area contributed by atoms with Gasteiger partial charge in [0.25, 0.3) is 5.91 Å². The number of anilines is 1. The average Bonchev–Trinajstić information content (AvgIpc) is 3.55. The zero-order chi connectivity index (χ0) is 34.0. The van der Waals surface area contributed by atoms with Gasteiger partial charge >= 0.3 is 6.18 Å². The molecule has 2 atom stereocenters. The maximum Gasteiger partial charge on any atom is 0.394 e. The fourth-order valence-corrected chi connectivity index (χ4v) is 6.84. The van der Waals surface area contributed by atoms with E-state index in [0.29, 0.717) is 19.5 Å². The molecule has 252 valence electrons. The van der Waals surface area contributed by atoms with Crippen LogP contribution in [0, 0.1) is 22.1 Å². The summed E-state index contributed by atoms with van der Waals surface area (Å²) < 4.78 is 84.1. The number of azide groups is 1. The molecule has 0 aromatic carbocycles. The molecule has 1 saturated heterocycles. The van der Waals surface area contributed by atoms with Gasteiger partial charge in [-0.1, -0.05) is 11.2 Å². The van der Waals surface area contributed by atoms with Crippen molar-refractivity contribution in [1.82, 2.24) is 24.5 Å². The number of carbonyl (C=O) groups excluding carboxylic acids is 1. The molecule has 5 rings (SSSR count). The second kappa shape index (κ2) is 13.0. The lowest BCUT2D eigenvalue weighted by Gasteiger charge is -2.34. The van der Waals surface area contributed by atoms with E-state index in [1.54, 1.807) is 0 Å². The molecule has 3 aromatic rings. The first-order chi connectivity index (χ1) is 22.1. The molecule has 1 amide bonds. The van der Waals surface area contributed by atoms with Crippen LogP contribution in [0.3, 0.4) is 0 Å². The summed E-state index contributed by atoms with van der Waals surface area (Å²) in [5.41, 5.74) is 6.40. The molecule has 2 aliphatic rings. The second-order valence-corrected chi connectivity index (χ2v) is 14.1. The van der Waals surface area contributed by atoms with Crippen molar-refractivity contribution in [2.45, 2.75) is 69.1 Å². The van der Waals surface area contributed by atoms with E-state index in [-0.39, 0.29) is 54.9 Å². The number of carbonyl (C=O) groups is 1. The Bertz CT molecular complexity index is 1790. The lowest BCUT2D eigenvalue weighted by molar-refractivity contribution is -0.190. The first kappa shape index (κ1) is 33.9. The highest BCUT2D eigenvalue weighted by atomic mass is 32.2. The molecule has 1 aliphatic carbocycles. The van der Waals surface area contributed by atoms with E-state index in [0.717, 1.165) is 18.9 Å². The number of hydrogen-bond donors (Lipinski definition) is 2. The second-order valence-electron chi connectivity index (χ2n) is 12.4. The number of nitrogens with zero attached hydrogens (tertiary/aromatic N) is 8. The van der Waals surface area contributed by atoms with Crippen LogP contribution in [0.4, 0.5) is 23.4 Å². The molecule has 2 fully saturated rings. The third kappa shape index (κ3) is 7.59. The zero-order valence-electron chi connectivity index (χ0n) is 25.7. The first-order valence-corrected chi connectivity index (χ1v) is 16.5. The van der Waals surface area contributed by atoms with Gasteiger partial charge in [0.15, 0.2) is 20.8 Å². The van der Waals surface area contributed by atoms with Crippen LogP contribution in [0.2, 0.25) is 0 Å². The molecule has 4 heterocycles. The minimum atomic E-state index is -4.28. The van der Waals surface area contributed by atoms with Crippen molar-refractivity contribution < 1.29 is 31.3 Å². The smallest absolute Gasteiger partial charge is 0.394 e. The predicted molar refractivity (Wildman–Crippen MR) is 163 cm³/mol. The minimum Gasteiger partial charge on any atom is -0.477 e. The van der Waals surface area contributed by atoms with Crippen LogP contribution in [0.1, 0.15) is 62.7 Å². The van der Waals surface area contributed by atoms with E-state index in [9.17, 15) is 26.6 Å². The zero-order valence-corrected chi connectivity index (χ0v) is 26.5. The van der Waals surface area contributed by atoms with E-state index in [2.05, 4.69) is 24.8 Å². The Balaban J connectivity index is 1.41. The molecule has 1 unspecified atom stereocenters. The quantitative estimate of drug-likeness (QED) is 0.0528. The van der Waals surface area contributed by atoms with Gasteiger partial charge in [0, 0.05) is 35.8 Å². The Hall–Kier alpha value is -4.44. The highest BCUT2D eigenvalue weighted by molar-refractivity contribution is 7.91. The largest absolute Gasteiger partial charge is 0.477 e. The Morgan fingerprint density at radius 3 is 2.68 bits per heavy atom. The fraction of sp³-hybridized carbons (Fsp3) is 0.517. The molecule has 0 bridgehead atoms. The summed E-state index contributed by atoms with van der Waals surface area (Å²) in [6, 6.07) is 7.85. The molecular formula is C29H34F4N10O3S. The number of ether oxygens (including phenoxy) is 1. The summed E-state index contributed by atoms with van der Waals surface area (Å²) in [4.78, 5) is 26.6. The lowest BCUT2D eigenvalue weighted by Crippen LogP contribution is -2.41. The normalized spacial score (nSPS) is 19.4. The van der Waals surface area contributed by atoms with Gasteiger partial charge in [-0.05, 0) is 88.1 Å². The predicted octanol–water partition coefficient (Wildman–Crippen LogP) is 6.36. The summed E-state index contributed by atoms with van der Waals surface area (Å²) in [6.07, 6.45) is -0.628. The highest BCUT2D eigenvalue weighted by Gasteiger charge is 2.62. The van der Waals surface area contributed by atoms with Crippen molar-refractivity contribution >= 4 is 21.6 Å². The summed E-state index contributed by atoms with van der Waals surface area (Å²) in [7, 11) is -4.05. The number of aromatic nitrogens is 4. The number of rotatable bonds is 13. The van der Waals surface area contributed by atoms with Crippen molar-refractivity contribution in [3.63, 3.8) is 0 Å². The summed E-state index contributed by atoms with van der Waals surface area (Å²) in [5, 5.41) is 7.46. The lowest BCUT2D eigenvalue weighted by atomic mass is 9.93. The van der Waals surface area contributed by atoms with Crippen LogP contribution >= 0.6 is 0 Å². The van der Waals surface area contributed by atoms with Crippen LogP contribution in [0.15, 0.2) is 52.7 Å². The molecule has 18 heteroatoms.